The van der Waals surface area contributed by atoms with Crippen molar-refractivity contribution in [1.29, 1.82) is 0 Å². The number of hydrogen-bond donors (Lipinski definition) is 2. The molecule has 1 aromatic rings. The fourth-order valence-electron chi connectivity index (χ4n) is 1.36. The SMILES string of the molecule is CNc1cncc(NCCOCC2CC2)n1. The second-order valence-electron chi connectivity index (χ2n) is 3.98. The monoisotopic (exact) mass is 222 g/mol. The topological polar surface area (TPSA) is 59.1 Å². The van der Waals surface area contributed by atoms with E-state index in [1.54, 1.807) is 12.4 Å². The average Bonchev–Trinajstić information content (AvgIpc) is 3.13. The third-order valence-corrected chi connectivity index (χ3v) is 2.49. The average molecular weight is 222 g/mol. The van der Waals surface area contributed by atoms with E-state index in [4.69, 9.17) is 4.74 Å². The molecule has 0 aliphatic heterocycles. The summed E-state index contributed by atoms with van der Waals surface area (Å²) in [6, 6.07) is 0. The predicted octanol–water partition coefficient (Wildman–Crippen LogP) is 1.36. The minimum Gasteiger partial charge on any atom is -0.379 e. The Morgan fingerprint density at radius 2 is 2.19 bits per heavy atom. The first-order chi connectivity index (χ1) is 7.88. The normalized spacial score (nSPS) is 14.8. The van der Waals surface area contributed by atoms with Crippen LogP contribution in [0.4, 0.5) is 11.6 Å². The molecule has 0 saturated heterocycles. The summed E-state index contributed by atoms with van der Waals surface area (Å²) >= 11 is 0. The second-order valence-corrected chi connectivity index (χ2v) is 3.98. The van der Waals surface area contributed by atoms with Gasteiger partial charge < -0.3 is 15.4 Å². The Kier molecular flexibility index (Phi) is 3.93. The Morgan fingerprint density at radius 1 is 1.38 bits per heavy atom. The lowest BCUT2D eigenvalue weighted by Crippen LogP contribution is -2.12. The zero-order valence-electron chi connectivity index (χ0n) is 9.57. The fraction of sp³-hybridized carbons (Fsp3) is 0.636. The predicted molar refractivity (Wildman–Crippen MR) is 63.6 cm³/mol. The van der Waals surface area contributed by atoms with E-state index in [1.807, 2.05) is 7.05 Å². The minimum absolute atomic E-state index is 0.724. The quantitative estimate of drug-likeness (QED) is 0.682. The molecular formula is C11H18N4O. The molecule has 0 unspecified atom stereocenters. The van der Waals surface area contributed by atoms with Crippen molar-refractivity contribution in [3.05, 3.63) is 12.4 Å². The maximum atomic E-state index is 5.51. The molecule has 1 aromatic heterocycles. The first-order valence-electron chi connectivity index (χ1n) is 5.70. The Morgan fingerprint density at radius 3 is 2.94 bits per heavy atom. The maximum Gasteiger partial charge on any atom is 0.147 e. The standard InChI is InChI=1S/C11H18N4O/c1-12-10-6-13-7-11(15-10)14-4-5-16-8-9-2-3-9/h6-7,9H,2-5,8H2,1H3,(H2,12,14,15). The van der Waals surface area contributed by atoms with Gasteiger partial charge in [0, 0.05) is 20.2 Å². The number of rotatable bonds is 7. The molecule has 0 spiro atoms. The number of nitrogens with zero attached hydrogens (tertiary/aromatic N) is 2. The fourth-order valence-corrected chi connectivity index (χ4v) is 1.36. The van der Waals surface area contributed by atoms with E-state index in [0.29, 0.717) is 0 Å². The van der Waals surface area contributed by atoms with Crippen LogP contribution >= 0.6 is 0 Å². The number of ether oxygens (including phenoxy) is 1. The van der Waals surface area contributed by atoms with Gasteiger partial charge in [0.25, 0.3) is 0 Å². The maximum absolute atomic E-state index is 5.51. The van der Waals surface area contributed by atoms with E-state index in [-0.39, 0.29) is 0 Å². The van der Waals surface area contributed by atoms with Crippen LogP contribution in [0.3, 0.4) is 0 Å². The van der Waals surface area contributed by atoms with Crippen molar-refractivity contribution in [2.45, 2.75) is 12.8 Å². The Balaban J connectivity index is 1.63. The van der Waals surface area contributed by atoms with E-state index in [9.17, 15) is 0 Å². The van der Waals surface area contributed by atoms with Gasteiger partial charge in [0.05, 0.1) is 19.0 Å². The minimum atomic E-state index is 0.724. The van der Waals surface area contributed by atoms with Gasteiger partial charge in [-0.15, -0.1) is 0 Å². The van der Waals surface area contributed by atoms with Crippen molar-refractivity contribution < 1.29 is 4.74 Å². The van der Waals surface area contributed by atoms with Crippen molar-refractivity contribution in [1.82, 2.24) is 9.97 Å². The van der Waals surface area contributed by atoms with Crippen LogP contribution in [-0.4, -0.2) is 36.8 Å². The van der Waals surface area contributed by atoms with Crippen molar-refractivity contribution in [2.75, 3.05) is 37.4 Å². The lowest BCUT2D eigenvalue weighted by molar-refractivity contribution is 0.134. The second kappa shape index (κ2) is 5.65. The van der Waals surface area contributed by atoms with Crippen molar-refractivity contribution in [3.8, 4) is 0 Å². The van der Waals surface area contributed by atoms with Gasteiger partial charge in [-0.3, -0.25) is 4.98 Å². The van der Waals surface area contributed by atoms with E-state index in [2.05, 4.69) is 20.6 Å². The first-order valence-corrected chi connectivity index (χ1v) is 5.70. The van der Waals surface area contributed by atoms with Crippen LogP contribution in [0.2, 0.25) is 0 Å². The number of hydrogen-bond acceptors (Lipinski definition) is 5. The summed E-state index contributed by atoms with van der Waals surface area (Å²) in [5, 5.41) is 6.12. The van der Waals surface area contributed by atoms with Gasteiger partial charge in [0.15, 0.2) is 0 Å². The molecule has 1 fully saturated rings. The van der Waals surface area contributed by atoms with Crippen LogP contribution in [0.15, 0.2) is 12.4 Å². The summed E-state index contributed by atoms with van der Waals surface area (Å²) in [5.74, 6) is 2.37. The molecule has 0 aromatic carbocycles. The molecule has 2 N–H and O–H groups in total. The van der Waals surface area contributed by atoms with Crippen molar-refractivity contribution in [2.24, 2.45) is 5.92 Å². The number of nitrogens with one attached hydrogen (secondary N) is 2. The first kappa shape index (κ1) is 11.1. The van der Waals surface area contributed by atoms with Crippen LogP contribution in [0.5, 0.6) is 0 Å². The molecule has 0 radical (unpaired) electrons. The lowest BCUT2D eigenvalue weighted by Gasteiger charge is -2.07. The van der Waals surface area contributed by atoms with Gasteiger partial charge >= 0.3 is 0 Å². The molecule has 1 aliphatic carbocycles. The molecule has 0 bridgehead atoms. The zero-order chi connectivity index (χ0) is 11.2. The summed E-state index contributed by atoms with van der Waals surface area (Å²) < 4.78 is 5.51. The largest absolute Gasteiger partial charge is 0.379 e. The summed E-state index contributed by atoms with van der Waals surface area (Å²) in [6.45, 7) is 2.40. The highest BCUT2D eigenvalue weighted by atomic mass is 16.5. The van der Waals surface area contributed by atoms with Gasteiger partial charge in [-0.05, 0) is 18.8 Å². The lowest BCUT2D eigenvalue weighted by atomic mass is 10.5. The molecule has 0 atom stereocenters. The Hall–Kier alpha value is -1.36. The smallest absolute Gasteiger partial charge is 0.147 e. The number of aromatic nitrogens is 2. The molecule has 88 valence electrons. The highest BCUT2D eigenvalue weighted by Crippen LogP contribution is 2.28. The van der Waals surface area contributed by atoms with Gasteiger partial charge in [-0.1, -0.05) is 0 Å². The highest BCUT2D eigenvalue weighted by Gasteiger charge is 2.20. The Bertz CT molecular complexity index is 328. The van der Waals surface area contributed by atoms with E-state index in [0.717, 1.165) is 37.3 Å². The molecule has 0 amide bonds. The molecule has 1 aliphatic rings. The summed E-state index contributed by atoms with van der Waals surface area (Å²) in [7, 11) is 1.83. The summed E-state index contributed by atoms with van der Waals surface area (Å²) in [5.41, 5.74) is 0. The third-order valence-electron chi connectivity index (χ3n) is 2.49. The molecular weight excluding hydrogens is 204 g/mol. The zero-order valence-corrected chi connectivity index (χ0v) is 9.57. The van der Waals surface area contributed by atoms with E-state index in [1.165, 1.54) is 12.8 Å². The van der Waals surface area contributed by atoms with Gasteiger partial charge in [-0.2, -0.15) is 0 Å². The van der Waals surface area contributed by atoms with Crippen LogP contribution in [0.25, 0.3) is 0 Å². The molecule has 1 saturated carbocycles. The summed E-state index contributed by atoms with van der Waals surface area (Å²) in [4.78, 5) is 8.36. The van der Waals surface area contributed by atoms with Crippen LogP contribution in [0, 0.1) is 5.92 Å². The Labute approximate surface area is 95.6 Å². The van der Waals surface area contributed by atoms with Gasteiger partial charge in [0.2, 0.25) is 0 Å². The van der Waals surface area contributed by atoms with Crippen LogP contribution < -0.4 is 10.6 Å². The van der Waals surface area contributed by atoms with E-state index >= 15 is 0 Å². The molecule has 16 heavy (non-hydrogen) atoms. The van der Waals surface area contributed by atoms with Crippen molar-refractivity contribution >= 4 is 11.6 Å². The molecule has 5 nitrogen and oxygen atoms in total. The van der Waals surface area contributed by atoms with Crippen LogP contribution in [-0.2, 0) is 4.74 Å². The van der Waals surface area contributed by atoms with Gasteiger partial charge in [0.1, 0.15) is 11.6 Å². The van der Waals surface area contributed by atoms with Gasteiger partial charge in [-0.25, -0.2) is 4.98 Å². The van der Waals surface area contributed by atoms with Crippen LogP contribution in [0.1, 0.15) is 12.8 Å². The molecule has 2 rings (SSSR count). The van der Waals surface area contributed by atoms with Crippen molar-refractivity contribution in [3.63, 3.8) is 0 Å². The highest BCUT2D eigenvalue weighted by molar-refractivity contribution is 5.40. The molecule has 1 heterocycles. The van der Waals surface area contributed by atoms with E-state index < -0.39 is 0 Å². The number of anilines is 2. The summed E-state index contributed by atoms with van der Waals surface area (Å²) in [6.07, 6.45) is 6.07. The third kappa shape index (κ3) is 3.66. The molecule has 5 heteroatoms.